The van der Waals surface area contributed by atoms with Gasteiger partial charge < -0.3 is 30.2 Å². The number of amides is 1. The monoisotopic (exact) mass is 536 g/mol. The second kappa shape index (κ2) is 10.5. The molecule has 1 aromatic carbocycles. The van der Waals surface area contributed by atoms with Crippen molar-refractivity contribution in [1.29, 1.82) is 0 Å². The van der Waals surface area contributed by atoms with Crippen LogP contribution in [-0.2, 0) is 9.47 Å². The fraction of sp³-hybridized carbons (Fsp3) is 0.464. The van der Waals surface area contributed by atoms with Crippen LogP contribution in [0.2, 0.25) is 0 Å². The lowest BCUT2D eigenvalue weighted by atomic mass is 9.75. The molecule has 2 atom stereocenters. The lowest BCUT2D eigenvalue weighted by molar-refractivity contribution is -0.0831. The van der Waals surface area contributed by atoms with E-state index in [1.165, 1.54) is 6.20 Å². The van der Waals surface area contributed by atoms with Gasteiger partial charge in [0.2, 0.25) is 5.88 Å². The van der Waals surface area contributed by atoms with E-state index in [1.54, 1.807) is 18.3 Å². The van der Waals surface area contributed by atoms with Gasteiger partial charge in [-0.05, 0) is 61.2 Å². The van der Waals surface area contributed by atoms with E-state index in [1.807, 2.05) is 6.92 Å². The van der Waals surface area contributed by atoms with Crippen LogP contribution < -0.4 is 21.1 Å². The van der Waals surface area contributed by atoms with E-state index >= 15 is 4.39 Å². The number of pyridine rings is 2. The summed E-state index contributed by atoms with van der Waals surface area (Å²) in [4.78, 5) is 23.5. The molecule has 0 radical (unpaired) electrons. The molecule has 2 unspecified atom stereocenters. The Morgan fingerprint density at radius 2 is 2.03 bits per heavy atom. The zero-order chi connectivity index (χ0) is 27.1. The lowest BCUT2D eigenvalue weighted by Gasteiger charge is -2.46. The molecular formula is C28H33FN6O4. The van der Waals surface area contributed by atoms with E-state index in [0.29, 0.717) is 71.1 Å². The van der Waals surface area contributed by atoms with Crippen molar-refractivity contribution in [3.63, 3.8) is 0 Å². The number of carbonyl (C=O) groups is 1. The highest BCUT2D eigenvalue weighted by Crippen LogP contribution is 2.40. The molecule has 2 aromatic heterocycles. The minimum absolute atomic E-state index is 0.0156. The fourth-order valence-corrected chi connectivity index (χ4v) is 6.21. The Morgan fingerprint density at radius 3 is 2.82 bits per heavy atom. The Morgan fingerprint density at radius 1 is 1.23 bits per heavy atom. The number of piperidine rings is 1. The van der Waals surface area contributed by atoms with Gasteiger partial charge in [-0.25, -0.2) is 19.2 Å². The van der Waals surface area contributed by atoms with Crippen molar-refractivity contribution in [1.82, 2.24) is 14.9 Å². The van der Waals surface area contributed by atoms with E-state index in [4.69, 9.17) is 19.9 Å². The lowest BCUT2D eigenvalue weighted by Crippen LogP contribution is -2.51. The Kier molecular flexibility index (Phi) is 6.86. The third kappa shape index (κ3) is 4.92. The Labute approximate surface area is 226 Å². The van der Waals surface area contributed by atoms with Gasteiger partial charge in [0.1, 0.15) is 18.1 Å². The molecule has 2 saturated heterocycles. The van der Waals surface area contributed by atoms with E-state index < -0.39 is 11.9 Å². The van der Waals surface area contributed by atoms with Crippen LogP contribution >= 0.6 is 0 Å². The average Bonchev–Trinajstić information content (AvgIpc) is 2.91. The van der Waals surface area contributed by atoms with Crippen LogP contribution in [-0.4, -0.2) is 74.1 Å². The second-order valence-corrected chi connectivity index (χ2v) is 10.7. The number of anilines is 3. The molecule has 4 N–H and O–H groups in total. The van der Waals surface area contributed by atoms with Gasteiger partial charge in [0.15, 0.2) is 5.82 Å². The quantitative estimate of drug-likeness (QED) is 0.417. The Hall–Kier alpha value is -3.70. The zero-order valence-corrected chi connectivity index (χ0v) is 22.1. The number of halogens is 1. The number of likely N-dealkylation sites (tertiary alicyclic amines) is 1. The van der Waals surface area contributed by atoms with Crippen LogP contribution in [0.3, 0.4) is 0 Å². The Bertz CT molecular complexity index is 1400. The van der Waals surface area contributed by atoms with Crippen LogP contribution in [0.1, 0.15) is 12.0 Å². The summed E-state index contributed by atoms with van der Waals surface area (Å²) in [5.41, 5.74) is 8.64. The number of nitrogens with two attached hydrogens (primary N) is 1. The van der Waals surface area contributed by atoms with Crippen molar-refractivity contribution in [3.8, 4) is 17.0 Å². The van der Waals surface area contributed by atoms with Crippen molar-refractivity contribution in [2.24, 2.45) is 17.8 Å². The largest absolute Gasteiger partial charge is 0.474 e. The number of nitrogens with zero attached hydrogens (tertiary/aromatic N) is 3. The number of benzene rings is 1. The summed E-state index contributed by atoms with van der Waals surface area (Å²) in [6, 6.07) is 3.36. The van der Waals surface area contributed by atoms with Crippen molar-refractivity contribution in [2.75, 3.05) is 69.5 Å². The van der Waals surface area contributed by atoms with Crippen LogP contribution in [0.5, 0.6) is 5.88 Å². The predicted molar refractivity (Wildman–Crippen MR) is 146 cm³/mol. The first-order chi connectivity index (χ1) is 18.9. The van der Waals surface area contributed by atoms with Gasteiger partial charge >= 0.3 is 6.09 Å². The molecule has 0 spiro atoms. The van der Waals surface area contributed by atoms with Crippen molar-refractivity contribution in [3.05, 3.63) is 35.9 Å². The summed E-state index contributed by atoms with van der Waals surface area (Å²) in [6.07, 6.45) is 3.28. The summed E-state index contributed by atoms with van der Waals surface area (Å²) >= 11 is 0. The van der Waals surface area contributed by atoms with Crippen molar-refractivity contribution < 1.29 is 23.4 Å². The topological polar surface area (TPSA) is 124 Å². The molecular weight excluding hydrogens is 503 g/mol. The Balaban J connectivity index is 1.17. The molecule has 206 valence electrons. The van der Waals surface area contributed by atoms with Crippen LogP contribution in [0, 0.1) is 30.5 Å². The number of ether oxygens (including phenoxy) is 3. The maximum atomic E-state index is 15.4. The highest BCUT2D eigenvalue weighted by Gasteiger charge is 2.38. The molecule has 39 heavy (non-hydrogen) atoms. The van der Waals surface area contributed by atoms with Gasteiger partial charge in [0.05, 0.1) is 25.5 Å². The number of hydrogen-bond donors (Lipinski definition) is 3. The maximum Gasteiger partial charge on any atom is 0.412 e. The number of rotatable bonds is 5. The van der Waals surface area contributed by atoms with Gasteiger partial charge in [0.25, 0.3) is 0 Å². The molecule has 2 bridgehead atoms. The summed E-state index contributed by atoms with van der Waals surface area (Å²) in [5.74, 6) is 1.67. The number of aromatic nitrogens is 2. The van der Waals surface area contributed by atoms with E-state index in [9.17, 15) is 4.79 Å². The fourth-order valence-electron chi connectivity index (χ4n) is 6.21. The minimum atomic E-state index is -0.577. The average molecular weight is 537 g/mol. The summed E-state index contributed by atoms with van der Waals surface area (Å²) in [7, 11) is 2.14. The normalized spacial score (nSPS) is 22.5. The van der Waals surface area contributed by atoms with Crippen LogP contribution in [0.4, 0.5) is 26.4 Å². The molecule has 5 heterocycles. The number of fused-ring (bicyclic) bond motifs is 4. The maximum absolute atomic E-state index is 15.4. The van der Waals surface area contributed by atoms with Crippen molar-refractivity contribution >= 4 is 34.1 Å². The zero-order valence-electron chi connectivity index (χ0n) is 22.1. The molecule has 3 aliphatic heterocycles. The van der Waals surface area contributed by atoms with Gasteiger partial charge in [-0.3, -0.25) is 5.32 Å². The number of carbonyl (C=O) groups excluding carboxylic acids is 1. The van der Waals surface area contributed by atoms with Crippen LogP contribution in [0.25, 0.3) is 21.9 Å². The third-order valence-electron chi connectivity index (χ3n) is 8.12. The van der Waals surface area contributed by atoms with Gasteiger partial charge in [-0.15, -0.1) is 0 Å². The van der Waals surface area contributed by atoms with Gasteiger partial charge in [-0.1, -0.05) is 0 Å². The standard InChI is InChI=1S/C28H33FN6O4/c1-15-21(9-33-27-26(15)31-4-6-38-27)20-7-16-8-23(32-10-22(16)25(30)24(20)29)34-28(36)39-5-3-19-17-11-35(2)12-18(19)14-37-13-17/h7-10,17-19,31H,3-6,11-14,30H2,1-2H3,(H,32,34,36). The number of hydrogen-bond acceptors (Lipinski definition) is 9. The predicted octanol–water partition coefficient (Wildman–Crippen LogP) is 3.89. The van der Waals surface area contributed by atoms with E-state index in [2.05, 4.69) is 32.5 Å². The molecule has 6 rings (SSSR count). The highest BCUT2D eigenvalue weighted by molar-refractivity contribution is 5.99. The molecule has 0 aliphatic carbocycles. The highest BCUT2D eigenvalue weighted by atomic mass is 19.1. The van der Waals surface area contributed by atoms with Gasteiger partial charge in [-0.2, -0.15) is 0 Å². The first-order valence-electron chi connectivity index (χ1n) is 13.3. The molecule has 1 amide bonds. The number of nitrogens with one attached hydrogen (secondary N) is 2. The molecule has 11 heteroatoms. The number of nitrogen functional groups attached to an aromatic ring is 1. The molecule has 3 aromatic rings. The SMILES string of the molecule is Cc1c(-c2cc3cc(NC(=O)OCCC4C5COCC4CN(C)C5)ncc3c(N)c2F)cnc2c1NCCO2. The smallest absolute Gasteiger partial charge is 0.412 e. The molecule has 3 aliphatic rings. The summed E-state index contributed by atoms with van der Waals surface area (Å²) < 4.78 is 32.2. The van der Waals surface area contributed by atoms with E-state index in [-0.39, 0.29) is 5.69 Å². The van der Waals surface area contributed by atoms with Crippen LogP contribution in [0.15, 0.2) is 24.5 Å². The molecule has 0 saturated carbocycles. The molecule has 10 nitrogen and oxygen atoms in total. The molecule has 2 fully saturated rings. The minimum Gasteiger partial charge on any atom is -0.474 e. The second-order valence-electron chi connectivity index (χ2n) is 10.7. The first kappa shape index (κ1) is 25.6. The van der Waals surface area contributed by atoms with Gasteiger partial charge in [0, 0.05) is 48.5 Å². The first-order valence-corrected chi connectivity index (χ1v) is 13.3. The summed E-state index contributed by atoms with van der Waals surface area (Å²) in [6.45, 7) is 6.91. The summed E-state index contributed by atoms with van der Waals surface area (Å²) in [5, 5.41) is 7.06. The van der Waals surface area contributed by atoms with Crippen molar-refractivity contribution in [2.45, 2.75) is 13.3 Å². The van der Waals surface area contributed by atoms with E-state index in [0.717, 1.165) is 44.0 Å². The third-order valence-corrected chi connectivity index (χ3v) is 8.12.